The Morgan fingerprint density at radius 3 is 2.75 bits per heavy atom. The Balaban J connectivity index is 1.49. The maximum atomic E-state index is 12.2. The van der Waals surface area contributed by atoms with E-state index in [2.05, 4.69) is 40.4 Å². The number of nitrogens with one attached hydrogen (secondary N) is 2. The zero-order valence-corrected chi connectivity index (χ0v) is 15.6. The summed E-state index contributed by atoms with van der Waals surface area (Å²) in [5, 5.41) is 11.1. The highest BCUT2D eigenvalue weighted by atomic mass is 32.1. The molecule has 0 aromatic carbocycles. The fourth-order valence-corrected chi connectivity index (χ4v) is 4.13. The summed E-state index contributed by atoms with van der Waals surface area (Å²) in [6, 6.07) is 5.89. The molecule has 1 amide bonds. The molecule has 5 nitrogen and oxygen atoms in total. The Labute approximate surface area is 149 Å². The molecule has 0 aliphatic heterocycles. The van der Waals surface area contributed by atoms with Gasteiger partial charge in [0.15, 0.2) is 5.69 Å². The Hall–Kier alpha value is -1.99. The van der Waals surface area contributed by atoms with Crippen molar-refractivity contribution in [1.29, 1.82) is 0 Å². The number of hydrogen-bond donors (Lipinski definition) is 2. The molecule has 0 bridgehead atoms. The van der Waals surface area contributed by atoms with Crippen molar-refractivity contribution in [2.45, 2.75) is 33.6 Å². The molecule has 0 aliphatic carbocycles. The molecule has 7 heteroatoms. The van der Waals surface area contributed by atoms with Gasteiger partial charge in [-0.25, -0.2) is 4.98 Å². The van der Waals surface area contributed by atoms with E-state index in [4.69, 9.17) is 0 Å². The summed E-state index contributed by atoms with van der Waals surface area (Å²) in [5.41, 5.74) is 2.41. The number of hydrogen-bond acceptors (Lipinski definition) is 5. The van der Waals surface area contributed by atoms with E-state index in [1.807, 2.05) is 13.0 Å². The third-order valence-electron chi connectivity index (χ3n) is 3.74. The first kappa shape index (κ1) is 16.9. The predicted octanol–water partition coefficient (Wildman–Crippen LogP) is 3.88. The molecule has 0 spiro atoms. The first-order valence-electron chi connectivity index (χ1n) is 7.86. The Kier molecular flexibility index (Phi) is 5.11. The summed E-state index contributed by atoms with van der Waals surface area (Å²) in [5.74, 6) is -0.141. The van der Waals surface area contributed by atoms with Gasteiger partial charge in [0.25, 0.3) is 5.91 Å². The van der Waals surface area contributed by atoms with Crippen molar-refractivity contribution in [2.75, 3.05) is 6.54 Å². The average molecular weight is 361 g/mol. The minimum absolute atomic E-state index is 0.141. The second kappa shape index (κ2) is 7.27. The van der Waals surface area contributed by atoms with Gasteiger partial charge in [-0.2, -0.15) is 5.10 Å². The van der Waals surface area contributed by atoms with Crippen molar-refractivity contribution in [3.8, 4) is 10.6 Å². The van der Waals surface area contributed by atoms with Crippen LogP contribution >= 0.6 is 22.7 Å². The molecule has 0 unspecified atom stereocenters. The monoisotopic (exact) mass is 360 g/mol. The van der Waals surface area contributed by atoms with Gasteiger partial charge in [-0.3, -0.25) is 9.89 Å². The van der Waals surface area contributed by atoms with Crippen LogP contribution in [0, 0.1) is 20.8 Å². The van der Waals surface area contributed by atoms with Gasteiger partial charge in [0.05, 0.1) is 21.3 Å². The van der Waals surface area contributed by atoms with Crippen LogP contribution in [-0.4, -0.2) is 27.6 Å². The molecule has 3 rings (SSSR count). The number of carbonyl (C=O) groups is 1. The lowest BCUT2D eigenvalue weighted by atomic mass is 10.3. The van der Waals surface area contributed by atoms with Crippen molar-refractivity contribution >= 4 is 28.6 Å². The summed E-state index contributed by atoms with van der Waals surface area (Å²) >= 11 is 3.41. The third-order valence-corrected chi connectivity index (χ3v) is 5.91. The van der Waals surface area contributed by atoms with Crippen LogP contribution in [0.25, 0.3) is 10.6 Å². The van der Waals surface area contributed by atoms with Gasteiger partial charge in [-0.15, -0.1) is 22.7 Å². The molecule has 0 atom stereocenters. The third kappa shape index (κ3) is 3.91. The van der Waals surface area contributed by atoms with Crippen molar-refractivity contribution < 1.29 is 4.79 Å². The van der Waals surface area contributed by atoms with E-state index in [0.717, 1.165) is 34.1 Å². The van der Waals surface area contributed by atoms with Crippen LogP contribution in [0.15, 0.2) is 18.2 Å². The average Bonchev–Trinajstić information content (AvgIpc) is 3.25. The number of nitrogens with zero attached hydrogens (tertiary/aromatic N) is 2. The minimum Gasteiger partial charge on any atom is -0.351 e. The lowest BCUT2D eigenvalue weighted by Crippen LogP contribution is -2.25. The van der Waals surface area contributed by atoms with Crippen LogP contribution in [0.2, 0.25) is 0 Å². The summed E-state index contributed by atoms with van der Waals surface area (Å²) < 4.78 is 0. The quantitative estimate of drug-likeness (QED) is 0.655. The summed E-state index contributed by atoms with van der Waals surface area (Å²) in [7, 11) is 0. The zero-order chi connectivity index (χ0) is 17.1. The van der Waals surface area contributed by atoms with E-state index in [1.165, 1.54) is 9.75 Å². The van der Waals surface area contributed by atoms with Crippen LogP contribution in [0.5, 0.6) is 0 Å². The summed E-state index contributed by atoms with van der Waals surface area (Å²) in [6.07, 6.45) is 1.76. The standard InChI is InChI=1S/C17H20N4OS2/c1-10-6-7-15(23-10)13-9-14(21-20-13)17(22)18-8-4-5-16-19-11(2)12(3)24-16/h6-7,9H,4-5,8H2,1-3H3,(H,18,22)(H,20,21). The Bertz CT molecular complexity index is 827. The SMILES string of the molecule is Cc1ccc(-c2cc(C(=O)NCCCc3nc(C)c(C)s3)n[nH]2)s1. The predicted molar refractivity (Wildman–Crippen MR) is 98.9 cm³/mol. The van der Waals surface area contributed by atoms with E-state index in [-0.39, 0.29) is 5.91 Å². The van der Waals surface area contributed by atoms with E-state index in [9.17, 15) is 4.79 Å². The Morgan fingerprint density at radius 2 is 2.08 bits per heavy atom. The van der Waals surface area contributed by atoms with Crippen molar-refractivity contribution in [3.05, 3.63) is 44.3 Å². The molecule has 0 aliphatic rings. The smallest absolute Gasteiger partial charge is 0.271 e. The molecule has 0 saturated carbocycles. The lowest BCUT2D eigenvalue weighted by molar-refractivity contribution is 0.0948. The second-order valence-electron chi connectivity index (χ2n) is 5.69. The molecule has 0 saturated heterocycles. The van der Waals surface area contributed by atoms with Crippen molar-refractivity contribution in [2.24, 2.45) is 0 Å². The van der Waals surface area contributed by atoms with E-state index in [0.29, 0.717) is 12.2 Å². The van der Waals surface area contributed by atoms with Crippen LogP contribution in [0.3, 0.4) is 0 Å². The van der Waals surface area contributed by atoms with Crippen molar-refractivity contribution in [1.82, 2.24) is 20.5 Å². The number of thiophene rings is 1. The number of aryl methyl sites for hydroxylation is 4. The van der Waals surface area contributed by atoms with Gasteiger partial charge in [0.2, 0.25) is 0 Å². The lowest BCUT2D eigenvalue weighted by Gasteiger charge is -2.01. The van der Waals surface area contributed by atoms with Gasteiger partial charge in [0.1, 0.15) is 0 Å². The highest BCUT2D eigenvalue weighted by Crippen LogP contribution is 2.26. The number of aromatic nitrogens is 3. The molecule has 3 heterocycles. The van der Waals surface area contributed by atoms with Crippen LogP contribution in [0.1, 0.15) is 37.4 Å². The van der Waals surface area contributed by atoms with Gasteiger partial charge < -0.3 is 5.32 Å². The maximum Gasteiger partial charge on any atom is 0.271 e. The number of H-pyrrole nitrogens is 1. The molecule has 2 N–H and O–H groups in total. The highest BCUT2D eigenvalue weighted by molar-refractivity contribution is 7.15. The van der Waals surface area contributed by atoms with Gasteiger partial charge in [0, 0.05) is 22.7 Å². The molecule has 0 radical (unpaired) electrons. The number of carbonyl (C=O) groups excluding carboxylic acids is 1. The first-order chi connectivity index (χ1) is 11.5. The molecule has 24 heavy (non-hydrogen) atoms. The fraction of sp³-hybridized carbons (Fsp3) is 0.353. The molecular formula is C17H20N4OS2. The topological polar surface area (TPSA) is 70.7 Å². The van der Waals surface area contributed by atoms with Gasteiger partial charge in [-0.1, -0.05) is 0 Å². The number of amides is 1. The largest absolute Gasteiger partial charge is 0.351 e. The van der Waals surface area contributed by atoms with E-state index >= 15 is 0 Å². The van der Waals surface area contributed by atoms with E-state index in [1.54, 1.807) is 28.7 Å². The summed E-state index contributed by atoms with van der Waals surface area (Å²) in [4.78, 5) is 20.3. The zero-order valence-electron chi connectivity index (χ0n) is 14.0. The minimum atomic E-state index is -0.141. The van der Waals surface area contributed by atoms with Crippen LogP contribution in [-0.2, 0) is 6.42 Å². The second-order valence-corrected chi connectivity index (χ2v) is 8.26. The van der Waals surface area contributed by atoms with Crippen molar-refractivity contribution in [3.63, 3.8) is 0 Å². The molecule has 126 valence electrons. The van der Waals surface area contributed by atoms with Crippen LogP contribution in [0.4, 0.5) is 0 Å². The molecule has 3 aromatic heterocycles. The molecule has 3 aromatic rings. The normalized spacial score (nSPS) is 11.0. The van der Waals surface area contributed by atoms with Gasteiger partial charge in [-0.05, 0) is 45.4 Å². The van der Waals surface area contributed by atoms with Gasteiger partial charge >= 0.3 is 0 Å². The maximum absolute atomic E-state index is 12.2. The molecular weight excluding hydrogens is 340 g/mol. The van der Waals surface area contributed by atoms with E-state index < -0.39 is 0 Å². The highest BCUT2D eigenvalue weighted by Gasteiger charge is 2.12. The van der Waals surface area contributed by atoms with Crippen LogP contribution < -0.4 is 5.32 Å². The Morgan fingerprint density at radius 1 is 1.25 bits per heavy atom. The fourth-order valence-electron chi connectivity index (χ4n) is 2.32. The first-order valence-corrected chi connectivity index (χ1v) is 9.49. The number of thiazole rings is 1. The molecule has 0 fully saturated rings. The number of rotatable bonds is 6. The number of aromatic amines is 1. The summed E-state index contributed by atoms with van der Waals surface area (Å²) in [6.45, 7) is 6.80.